The number of aromatic nitrogens is 3. The minimum atomic E-state index is -0.695. The zero-order valence-corrected chi connectivity index (χ0v) is 16.3. The second-order valence-electron chi connectivity index (χ2n) is 6.12. The van der Waals surface area contributed by atoms with Crippen molar-refractivity contribution in [2.24, 2.45) is 0 Å². The van der Waals surface area contributed by atoms with E-state index in [2.05, 4.69) is 15.3 Å². The van der Waals surface area contributed by atoms with Gasteiger partial charge < -0.3 is 10.1 Å². The van der Waals surface area contributed by atoms with Crippen molar-refractivity contribution in [2.75, 3.05) is 12.4 Å². The van der Waals surface area contributed by atoms with Gasteiger partial charge in [-0.2, -0.15) is 4.98 Å². The van der Waals surface area contributed by atoms with E-state index in [0.29, 0.717) is 16.5 Å². The molecule has 1 N–H and O–H groups in total. The molecule has 140 valence electrons. The zero-order valence-electron chi connectivity index (χ0n) is 15.5. The third-order valence-corrected chi connectivity index (χ3v) is 4.92. The van der Waals surface area contributed by atoms with Crippen molar-refractivity contribution in [1.82, 2.24) is 14.5 Å². The Morgan fingerprint density at radius 2 is 1.93 bits per heavy atom. The Bertz CT molecular complexity index is 1020. The summed E-state index contributed by atoms with van der Waals surface area (Å²) in [5, 5.41) is 5.12. The van der Waals surface area contributed by atoms with Gasteiger partial charge in [0.05, 0.1) is 12.8 Å². The maximum absolute atomic E-state index is 12.6. The van der Waals surface area contributed by atoms with Crippen LogP contribution in [0.15, 0.2) is 40.5 Å². The van der Waals surface area contributed by atoms with Crippen molar-refractivity contribution in [1.29, 1.82) is 0 Å². The minimum Gasteiger partial charge on any atom is -0.497 e. The zero-order chi connectivity index (χ0) is 19.6. The predicted molar refractivity (Wildman–Crippen MR) is 105 cm³/mol. The van der Waals surface area contributed by atoms with Crippen LogP contribution in [0.1, 0.15) is 24.4 Å². The molecule has 0 saturated carbocycles. The molecule has 2 heterocycles. The van der Waals surface area contributed by atoms with Crippen molar-refractivity contribution < 1.29 is 9.53 Å². The summed E-state index contributed by atoms with van der Waals surface area (Å²) < 4.78 is 6.53. The van der Waals surface area contributed by atoms with Gasteiger partial charge in [-0.1, -0.05) is 0 Å². The number of hydrogen-bond donors (Lipinski definition) is 1. The van der Waals surface area contributed by atoms with Crippen molar-refractivity contribution in [3.63, 3.8) is 0 Å². The minimum absolute atomic E-state index is 0.318. The van der Waals surface area contributed by atoms with E-state index in [1.54, 1.807) is 33.9 Å². The van der Waals surface area contributed by atoms with Crippen LogP contribution >= 0.6 is 11.3 Å². The Kier molecular flexibility index (Phi) is 5.36. The fourth-order valence-corrected chi connectivity index (χ4v) is 3.51. The Morgan fingerprint density at radius 1 is 1.22 bits per heavy atom. The smallest absolute Gasteiger partial charge is 0.348 e. The van der Waals surface area contributed by atoms with E-state index in [1.165, 1.54) is 15.9 Å². The predicted octanol–water partition coefficient (Wildman–Crippen LogP) is 3.19. The van der Waals surface area contributed by atoms with Crippen molar-refractivity contribution in [3.8, 4) is 17.0 Å². The van der Waals surface area contributed by atoms with E-state index in [9.17, 15) is 9.59 Å². The van der Waals surface area contributed by atoms with E-state index >= 15 is 0 Å². The molecule has 0 bridgehead atoms. The summed E-state index contributed by atoms with van der Waals surface area (Å²) in [6.45, 7) is 5.20. The van der Waals surface area contributed by atoms with Crippen molar-refractivity contribution in [3.05, 3.63) is 57.6 Å². The third kappa shape index (κ3) is 4.06. The highest BCUT2D eigenvalue weighted by Gasteiger charge is 2.20. The molecule has 1 unspecified atom stereocenters. The standard InChI is InChI=1S/C19H20N4O3S/c1-11-9-12(2)23(19(25)20-11)13(3)17(24)22-18-21-16(10-27-18)14-5-7-15(26-4)8-6-14/h5-10,13H,1-4H3,(H,21,22,24). The highest BCUT2D eigenvalue weighted by Crippen LogP contribution is 2.27. The fourth-order valence-electron chi connectivity index (χ4n) is 2.78. The number of ether oxygens (including phenoxy) is 1. The first-order valence-corrected chi connectivity index (χ1v) is 9.24. The molecule has 3 aromatic rings. The van der Waals surface area contributed by atoms with Crippen LogP contribution in [0.3, 0.4) is 0 Å². The number of nitrogens with one attached hydrogen (secondary N) is 1. The van der Waals surface area contributed by atoms with Gasteiger partial charge in [-0.15, -0.1) is 11.3 Å². The summed E-state index contributed by atoms with van der Waals surface area (Å²) in [7, 11) is 1.61. The van der Waals surface area contributed by atoms with Gasteiger partial charge in [0.25, 0.3) is 0 Å². The van der Waals surface area contributed by atoms with Crippen LogP contribution in [0.2, 0.25) is 0 Å². The topological polar surface area (TPSA) is 86.1 Å². The fraction of sp³-hybridized carbons (Fsp3) is 0.263. The number of rotatable bonds is 5. The molecule has 0 spiro atoms. The van der Waals surface area contributed by atoms with Gasteiger partial charge in [-0.3, -0.25) is 9.36 Å². The molecule has 1 aromatic carbocycles. The number of thiazole rings is 1. The lowest BCUT2D eigenvalue weighted by atomic mass is 10.2. The lowest BCUT2D eigenvalue weighted by molar-refractivity contribution is -0.118. The first-order valence-electron chi connectivity index (χ1n) is 8.36. The lowest BCUT2D eigenvalue weighted by Gasteiger charge is -2.16. The van der Waals surface area contributed by atoms with Gasteiger partial charge in [0.15, 0.2) is 5.13 Å². The van der Waals surface area contributed by atoms with Crippen LogP contribution in [0.25, 0.3) is 11.3 Å². The molecule has 0 fully saturated rings. The lowest BCUT2D eigenvalue weighted by Crippen LogP contribution is -2.34. The van der Waals surface area contributed by atoms with Gasteiger partial charge in [-0.25, -0.2) is 9.78 Å². The number of methoxy groups -OCH3 is 1. The first-order chi connectivity index (χ1) is 12.9. The van der Waals surface area contributed by atoms with E-state index in [4.69, 9.17) is 4.74 Å². The number of carbonyl (C=O) groups excluding carboxylic acids is 1. The number of nitrogens with zero attached hydrogens (tertiary/aromatic N) is 3. The monoisotopic (exact) mass is 384 g/mol. The average Bonchev–Trinajstić information content (AvgIpc) is 3.09. The maximum Gasteiger partial charge on any atom is 0.348 e. The molecule has 1 atom stereocenters. The molecule has 0 saturated heterocycles. The van der Waals surface area contributed by atoms with E-state index < -0.39 is 11.7 Å². The molecule has 0 aliphatic carbocycles. The first kappa shape index (κ1) is 18.8. The molecule has 0 radical (unpaired) electrons. The van der Waals surface area contributed by atoms with E-state index in [0.717, 1.165) is 17.0 Å². The highest BCUT2D eigenvalue weighted by atomic mass is 32.1. The molecule has 0 aliphatic rings. The van der Waals surface area contributed by atoms with Crippen LogP contribution in [0, 0.1) is 13.8 Å². The Hall–Kier alpha value is -3.00. The normalized spacial score (nSPS) is 11.9. The van der Waals surface area contributed by atoms with E-state index in [1.807, 2.05) is 29.6 Å². The maximum atomic E-state index is 12.6. The number of benzene rings is 1. The summed E-state index contributed by atoms with van der Waals surface area (Å²) in [6.07, 6.45) is 0. The quantitative estimate of drug-likeness (QED) is 0.730. The van der Waals surface area contributed by atoms with Crippen molar-refractivity contribution in [2.45, 2.75) is 26.8 Å². The molecule has 0 aliphatic heterocycles. The Morgan fingerprint density at radius 3 is 2.56 bits per heavy atom. The highest BCUT2D eigenvalue weighted by molar-refractivity contribution is 7.14. The molecule has 2 aromatic heterocycles. The largest absolute Gasteiger partial charge is 0.497 e. The number of anilines is 1. The van der Waals surface area contributed by atoms with Gasteiger partial charge in [-0.05, 0) is 51.1 Å². The SMILES string of the molecule is COc1ccc(-c2csc(NC(=O)C(C)n3c(C)cc(C)nc3=O)n2)cc1. The molecular weight excluding hydrogens is 364 g/mol. The Labute approximate surface area is 160 Å². The van der Waals surface area contributed by atoms with E-state index in [-0.39, 0.29) is 5.91 Å². The molecule has 7 nitrogen and oxygen atoms in total. The number of amides is 1. The van der Waals surface area contributed by atoms with Crippen molar-refractivity contribution >= 4 is 22.4 Å². The summed E-state index contributed by atoms with van der Waals surface area (Å²) in [5.74, 6) is 0.449. The summed E-state index contributed by atoms with van der Waals surface area (Å²) >= 11 is 1.33. The van der Waals surface area contributed by atoms with Gasteiger partial charge in [0.2, 0.25) is 5.91 Å². The summed E-state index contributed by atoms with van der Waals surface area (Å²) in [5.41, 5.74) is 2.57. The van der Waals surface area contributed by atoms with Crippen LogP contribution < -0.4 is 15.7 Å². The van der Waals surface area contributed by atoms with Crippen LogP contribution in [0.5, 0.6) is 5.75 Å². The second kappa shape index (κ2) is 7.71. The van der Waals surface area contributed by atoms with Gasteiger partial charge in [0, 0.05) is 22.3 Å². The van der Waals surface area contributed by atoms with Gasteiger partial charge >= 0.3 is 5.69 Å². The van der Waals surface area contributed by atoms with Crippen LogP contribution in [-0.2, 0) is 4.79 Å². The molecular formula is C19H20N4O3S. The third-order valence-electron chi connectivity index (χ3n) is 4.16. The number of aryl methyl sites for hydroxylation is 2. The second-order valence-corrected chi connectivity index (χ2v) is 6.98. The Balaban J connectivity index is 1.77. The molecule has 27 heavy (non-hydrogen) atoms. The summed E-state index contributed by atoms with van der Waals surface area (Å²) in [4.78, 5) is 33.1. The number of hydrogen-bond acceptors (Lipinski definition) is 6. The average molecular weight is 384 g/mol. The molecule has 3 rings (SSSR count). The van der Waals surface area contributed by atoms with Gasteiger partial charge in [0.1, 0.15) is 11.8 Å². The van der Waals surface area contributed by atoms with Crippen LogP contribution in [-0.4, -0.2) is 27.6 Å². The molecule has 1 amide bonds. The summed E-state index contributed by atoms with van der Waals surface area (Å²) in [6, 6.07) is 8.60. The number of carbonyl (C=O) groups is 1. The van der Waals surface area contributed by atoms with Crippen LogP contribution in [0.4, 0.5) is 5.13 Å². The molecule has 8 heteroatoms.